The van der Waals surface area contributed by atoms with Gasteiger partial charge in [0.1, 0.15) is 23.0 Å². The lowest BCUT2D eigenvalue weighted by molar-refractivity contribution is -0.0848. The molecule has 3 aromatic rings. The van der Waals surface area contributed by atoms with E-state index in [9.17, 15) is 14.4 Å². The number of hydrogen-bond acceptors (Lipinski definition) is 6. The minimum absolute atomic E-state index is 0.0162. The Morgan fingerprint density at radius 3 is 2.56 bits per heavy atom. The van der Waals surface area contributed by atoms with Crippen LogP contribution in [0.5, 0.6) is 5.88 Å². The zero-order valence-corrected chi connectivity index (χ0v) is 17.2. The van der Waals surface area contributed by atoms with Crippen molar-refractivity contribution in [2.24, 2.45) is 16.9 Å². The molecule has 2 fully saturated rings. The van der Waals surface area contributed by atoms with E-state index in [4.69, 9.17) is 16.2 Å². The van der Waals surface area contributed by atoms with E-state index in [0.717, 1.165) is 25.7 Å². The number of carbonyl (C=O) groups is 3. The molecule has 0 aromatic carbocycles. The molecule has 1 spiro atoms. The second-order valence-electron chi connectivity index (χ2n) is 8.62. The lowest BCUT2D eigenvalue weighted by Crippen LogP contribution is -2.58. The summed E-state index contributed by atoms with van der Waals surface area (Å²) in [5.74, 6) is -1.08. The molecule has 3 heterocycles. The minimum atomic E-state index is -0.564. The average Bonchev–Trinajstić information content (AvgIpc) is 3.14. The number of nitrogens with zero attached hydrogens (tertiary/aromatic N) is 3. The summed E-state index contributed by atoms with van der Waals surface area (Å²) in [5.41, 5.74) is 12.3. The van der Waals surface area contributed by atoms with Crippen LogP contribution in [0.4, 0.5) is 0 Å². The molecule has 2 aliphatic rings. The summed E-state index contributed by atoms with van der Waals surface area (Å²) >= 11 is 0. The Labute approximate surface area is 183 Å². The van der Waals surface area contributed by atoms with Crippen LogP contribution in [0.25, 0.3) is 5.65 Å². The summed E-state index contributed by atoms with van der Waals surface area (Å²) in [5, 5.41) is 3.02. The van der Waals surface area contributed by atoms with Crippen LogP contribution in [-0.2, 0) is 0 Å². The summed E-state index contributed by atoms with van der Waals surface area (Å²) in [7, 11) is 0. The molecule has 10 heteroatoms. The van der Waals surface area contributed by atoms with Gasteiger partial charge in [0.25, 0.3) is 11.8 Å². The van der Waals surface area contributed by atoms with Gasteiger partial charge in [-0.05, 0) is 55.4 Å². The van der Waals surface area contributed by atoms with Gasteiger partial charge in [0.05, 0.1) is 5.56 Å². The highest BCUT2D eigenvalue weighted by Gasteiger charge is 2.54. The SMILES string of the molecule is NC(=O)c1ccc2nc(C(=O)NC3CC4(C3)CC(Oc3ncccc3C(N)=O)C4)cn2c1. The predicted molar refractivity (Wildman–Crippen MR) is 113 cm³/mol. The molecule has 5 rings (SSSR count). The minimum Gasteiger partial charge on any atom is -0.474 e. The molecule has 0 aliphatic heterocycles. The fourth-order valence-electron chi connectivity index (χ4n) is 4.75. The second kappa shape index (κ2) is 7.33. The number of imidazole rings is 1. The number of nitrogens with one attached hydrogen (secondary N) is 1. The van der Waals surface area contributed by atoms with Crippen molar-refractivity contribution >= 4 is 23.4 Å². The fourth-order valence-corrected chi connectivity index (χ4v) is 4.75. The Kier molecular flexibility index (Phi) is 4.58. The first kappa shape index (κ1) is 20.0. The van der Waals surface area contributed by atoms with Crippen molar-refractivity contribution in [3.63, 3.8) is 0 Å². The molecule has 2 aliphatic carbocycles. The summed E-state index contributed by atoms with van der Waals surface area (Å²) in [6, 6.07) is 6.55. The third-order valence-electron chi connectivity index (χ3n) is 6.30. The Morgan fingerprint density at radius 1 is 1.06 bits per heavy atom. The number of aromatic nitrogens is 3. The molecule has 0 radical (unpaired) electrons. The van der Waals surface area contributed by atoms with E-state index in [-0.39, 0.29) is 40.6 Å². The van der Waals surface area contributed by atoms with Crippen LogP contribution in [0.1, 0.15) is 56.9 Å². The van der Waals surface area contributed by atoms with Crippen molar-refractivity contribution in [2.75, 3.05) is 0 Å². The number of carbonyl (C=O) groups excluding carboxylic acids is 3. The van der Waals surface area contributed by atoms with Crippen molar-refractivity contribution in [2.45, 2.75) is 37.8 Å². The lowest BCUT2D eigenvalue weighted by Gasteiger charge is -2.57. The largest absolute Gasteiger partial charge is 0.474 e. The number of primary amides is 2. The van der Waals surface area contributed by atoms with Gasteiger partial charge < -0.3 is 25.9 Å². The van der Waals surface area contributed by atoms with Gasteiger partial charge in [-0.15, -0.1) is 0 Å². The molecule has 0 unspecified atom stereocenters. The Bertz CT molecular complexity index is 1240. The first-order valence-electron chi connectivity index (χ1n) is 10.3. The highest BCUT2D eigenvalue weighted by molar-refractivity contribution is 5.95. The van der Waals surface area contributed by atoms with E-state index in [0.29, 0.717) is 11.2 Å². The number of nitrogens with two attached hydrogens (primary N) is 2. The Hall–Kier alpha value is -3.95. The zero-order valence-electron chi connectivity index (χ0n) is 17.2. The quantitative estimate of drug-likeness (QED) is 0.527. The van der Waals surface area contributed by atoms with Gasteiger partial charge in [-0.1, -0.05) is 0 Å². The maximum absolute atomic E-state index is 12.6. The van der Waals surface area contributed by atoms with Crippen molar-refractivity contribution in [1.82, 2.24) is 19.7 Å². The molecule has 32 heavy (non-hydrogen) atoms. The average molecular weight is 434 g/mol. The van der Waals surface area contributed by atoms with Gasteiger partial charge in [-0.25, -0.2) is 9.97 Å². The monoisotopic (exact) mass is 434 g/mol. The summed E-state index contributed by atoms with van der Waals surface area (Å²) in [6.45, 7) is 0. The number of fused-ring (bicyclic) bond motifs is 1. The Morgan fingerprint density at radius 2 is 1.84 bits per heavy atom. The van der Waals surface area contributed by atoms with Crippen molar-refractivity contribution in [1.29, 1.82) is 0 Å². The first-order chi connectivity index (χ1) is 15.3. The number of rotatable bonds is 6. The molecular formula is C22H22N6O4. The first-order valence-corrected chi connectivity index (χ1v) is 10.3. The highest BCUT2D eigenvalue weighted by Crippen LogP contribution is 2.56. The van der Waals surface area contributed by atoms with E-state index >= 15 is 0 Å². The van der Waals surface area contributed by atoms with E-state index < -0.39 is 11.8 Å². The summed E-state index contributed by atoms with van der Waals surface area (Å²) in [4.78, 5) is 43.9. The van der Waals surface area contributed by atoms with Gasteiger partial charge >= 0.3 is 0 Å². The van der Waals surface area contributed by atoms with Crippen LogP contribution >= 0.6 is 0 Å². The lowest BCUT2D eigenvalue weighted by atomic mass is 9.53. The van der Waals surface area contributed by atoms with Crippen LogP contribution in [0.2, 0.25) is 0 Å². The van der Waals surface area contributed by atoms with Crippen molar-refractivity contribution in [3.8, 4) is 5.88 Å². The van der Waals surface area contributed by atoms with Crippen LogP contribution in [0, 0.1) is 5.41 Å². The molecular weight excluding hydrogens is 412 g/mol. The van der Waals surface area contributed by atoms with Crippen molar-refractivity contribution in [3.05, 3.63) is 59.7 Å². The molecule has 0 saturated heterocycles. The van der Waals surface area contributed by atoms with E-state index in [2.05, 4.69) is 15.3 Å². The van der Waals surface area contributed by atoms with Gasteiger partial charge in [0.2, 0.25) is 11.8 Å². The van der Waals surface area contributed by atoms with E-state index in [1.165, 1.54) is 0 Å². The fraction of sp³-hybridized carbons (Fsp3) is 0.318. The van der Waals surface area contributed by atoms with Gasteiger partial charge in [0, 0.05) is 24.6 Å². The highest BCUT2D eigenvalue weighted by atomic mass is 16.5. The number of amides is 3. The van der Waals surface area contributed by atoms with E-state index in [1.54, 1.807) is 47.3 Å². The third-order valence-corrected chi connectivity index (χ3v) is 6.30. The smallest absolute Gasteiger partial charge is 0.271 e. The third kappa shape index (κ3) is 3.53. The summed E-state index contributed by atoms with van der Waals surface area (Å²) in [6.07, 6.45) is 8.11. The van der Waals surface area contributed by atoms with Crippen LogP contribution in [-0.4, -0.2) is 44.2 Å². The van der Waals surface area contributed by atoms with Crippen LogP contribution in [0.3, 0.4) is 0 Å². The maximum atomic E-state index is 12.6. The molecule has 0 bridgehead atoms. The molecule has 5 N–H and O–H groups in total. The number of ether oxygens (including phenoxy) is 1. The number of pyridine rings is 2. The van der Waals surface area contributed by atoms with Crippen LogP contribution in [0.15, 0.2) is 42.9 Å². The molecule has 3 amide bonds. The standard InChI is InChI=1S/C22H22N6O4/c23-18(29)12-3-4-17-27-16(11-28(17)10-12)20(31)26-13-6-22(7-13)8-14(9-22)32-21-15(19(24)30)2-1-5-25-21/h1-5,10-11,13-14H,6-9H2,(H2,23,29)(H2,24,30)(H,26,31). The van der Waals surface area contributed by atoms with Crippen LogP contribution < -0.4 is 21.5 Å². The molecule has 164 valence electrons. The normalized spacial score (nSPS) is 23.9. The zero-order chi connectivity index (χ0) is 22.5. The summed E-state index contributed by atoms with van der Waals surface area (Å²) < 4.78 is 7.49. The van der Waals surface area contributed by atoms with Gasteiger partial charge in [-0.2, -0.15) is 0 Å². The number of hydrogen-bond donors (Lipinski definition) is 3. The van der Waals surface area contributed by atoms with Crippen molar-refractivity contribution < 1.29 is 19.1 Å². The topological polar surface area (TPSA) is 155 Å². The second-order valence-corrected chi connectivity index (χ2v) is 8.62. The van der Waals surface area contributed by atoms with Gasteiger partial charge in [0.15, 0.2) is 0 Å². The predicted octanol–water partition coefficient (Wildman–Crippen LogP) is 1.05. The maximum Gasteiger partial charge on any atom is 0.271 e. The molecule has 10 nitrogen and oxygen atoms in total. The molecule has 2 saturated carbocycles. The molecule has 3 aromatic heterocycles. The molecule has 0 atom stereocenters. The van der Waals surface area contributed by atoms with Gasteiger partial charge in [-0.3, -0.25) is 14.4 Å². The Balaban J connectivity index is 1.14. The van der Waals surface area contributed by atoms with E-state index in [1.807, 2.05) is 0 Å².